The lowest BCUT2D eigenvalue weighted by atomic mass is 10.2. The number of carbonyl (C=O) groups excluding carboxylic acids is 2. The SMILES string of the molecule is COc1cccc(NC(=O)COC(=O)c2c(C)nc(-c3cccs3)nc2SC)c1. The van der Waals surface area contributed by atoms with E-state index >= 15 is 0 Å². The van der Waals surface area contributed by atoms with Gasteiger partial charge in [0.05, 0.1) is 17.7 Å². The fraction of sp³-hybridized carbons (Fsp3) is 0.200. The lowest BCUT2D eigenvalue weighted by Crippen LogP contribution is -2.22. The van der Waals surface area contributed by atoms with Crippen LogP contribution in [0.3, 0.4) is 0 Å². The van der Waals surface area contributed by atoms with Crippen molar-refractivity contribution in [3.8, 4) is 16.5 Å². The molecule has 1 amide bonds. The van der Waals surface area contributed by atoms with Gasteiger partial charge in [-0.1, -0.05) is 12.1 Å². The molecule has 7 nitrogen and oxygen atoms in total. The maximum atomic E-state index is 12.6. The van der Waals surface area contributed by atoms with Crippen LogP contribution in [0.25, 0.3) is 10.7 Å². The summed E-state index contributed by atoms with van der Waals surface area (Å²) < 4.78 is 10.3. The Bertz CT molecular complexity index is 1020. The van der Waals surface area contributed by atoms with E-state index in [0.717, 1.165) is 4.88 Å². The van der Waals surface area contributed by atoms with E-state index in [-0.39, 0.29) is 5.56 Å². The van der Waals surface area contributed by atoms with E-state index in [0.29, 0.717) is 28.0 Å². The smallest absolute Gasteiger partial charge is 0.343 e. The van der Waals surface area contributed by atoms with Crippen molar-refractivity contribution in [1.82, 2.24) is 9.97 Å². The highest BCUT2D eigenvalue weighted by atomic mass is 32.2. The van der Waals surface area contributed by atoms with E-state index in [1.165, 1.54) is 23.1 Å². The van der Waals surface area contributed by atoms with Crippen LogP contribution in [0, 0.1) is 6.92 Å². The number of ether oxygens (including phenoxy) is 2. The zero-order valence-corrected chi connectivity index (χ0v) is 17.7. The van der Waals surface area contributed by atoms with Gasteiger partial charge >= 0.3 is 5.97 Å². The maximum absolute atomic E-state index is 12.6. The zero-order chi connectivity index (χ0) is 20.8. The third-order valence-corrected chi connectivity index (χ3v) is 5.43. The quantitative estimate of drug-likeness (QED) is 0.344. The topological polar surface area (TPSA) is 90.4 Å². The zero-order valence-electron chi connectivity index (χ0n) is 16.1. The molecule has 0 unspecified atom stereocenters. The van der Waals surface area contributed by atoms with E-state index in [4.69, 9.17) is 9.47 Å². The molecule has 0 aliphatic rings. The molecule has 0 aliphatic carbocycles. The minimum Gasteiger partial charge on any atom is -0.497 e. The predicted molar refractivity (Wildman–Crippen MR) is 114 cm³/mol. The highest BCUT2D eigenvalue weighted by Gasteiger charge is 2.21. The van der Waals surface area contributed by atoms with E-state index < -0.39 is 18.5 Å². The van der Waals surface area contributed by atoms with Gasteiger partial charge in [0.15, 0.2) is 12.4 Å². The first-order valence-electron chi connectivity index (χ1n) is 8.59. The number of aryl methyl sites for hydroxylation is 1. The normalized spacial score (nSPS) is 10.4. The Morgan fingerprint density at radius 1 is 1.21 bits per heavy atom. The third kappa shape index (κ3) is 5.12. The van der Waals surface area contributed by atoms with Crippen LogP contribution in [0.2, 0.25) is 0 Å². The highest BCUT2D eigenvalue weighted by Crippen LogP contribution is 2.27. The van der Waals surface area contributed by atoms with Gasteiger partial charge in [-0.3, -0.25) is 4.79 Å². The Hall–Kier alpha value is -2.91. The molecule has 29 heavy (non-hydrogen) atoms. The lowest BCUT2D eigenvalue weighted by molar-refractivity contribution is -0.119. The number of benzene rings is 1. The molecular formula is C20H19N3O4S2. The summed E-state index contributed by atoms with van der Waals surface area (Å²) >= 11 is 2.85. The monoisotopic (exact) mass is 429 g/mol. The van der Waals surface area contributed by atoms with E-state index in [2.05, 4.69) is 15.3 Å². The Morgan fingerprint density at radius 2 is 2.03 bits per heavy atom. The van der Waals surface area contributed by atoms with Gasteiger partial charge < -0.3 is 14.8 Å². The molecule has 0 aliphatic heterocycles. The first-order valence-corrected chi connectivity index (χ1v) is 10.7. The number of nitrogens with one attached hydrogen (secondary N) is 1. The first kappa shape index (κ1) is 20.8. The number of rotatable bonds is 7. The highest BCUT2D eigenvalue weighted by molar-refractivity contribution is 7.98. The van der Waals surface area contributed by atoms with Crippen molar-refractivity contribution in [2.75, 3.05) is 25.3 Å². The number of anilines is 1. The second-order valence-electron chi connectivity index (χ2n) is 5.85. The number of hydrogen-bond acceptors (Lipinski definition) is 8. The number of carbonyl (C=O) groups is 2. The minimum absolute atomic E-state index is 0.270. The Labute approximate surface area is 176 Å². The van der Waals surface area contributed by atoms with Crippen LogP contribution in [0.1, 0.15) is 16.1 Å². The van der Waals surface area contributed by atoms with Gasteiger partial charge in [-0.2, -0.15) is 0 Å². The molecule has 0 atom stereocenters. The summed E-state index contributed by atoms with van der Waals surface area (Å²) in [4.78, 5) is 34.5. The molecule has 0 fully saturated rings. The summed E-state index contributed by atoms with van der Waals surface area (Å²) in [5.74, 6) is 0.0913. The molecule has 3 rings (SSSR count). The Balaban J connectivity index is 1.69. The van der Waals surface area contributed by atoms with Crippen molar-refractivity contribution in [2.45, 2.75) is 11.9 Å². The number of hydrogen-bond donors (Lipinski definition) is 1. The third-order valence-electron chi connectivity index (χ3n) is 3.88. The standard InChI is InChI=1S/C20H19N3O4S2/c1-12-17(19(28-3)23-18(21-12)15-8-5-9-29-15)20(25)27-11-16(24)22-13-6-4-7-14(10-13)26-2/h4-10H,11H2,1-3H3,(H,22,24). The Kier molecular flexibility index (Phi) is 6.84. The first-order chi connectivity index (χ1) is 14.0. The van der Waals surface area contributed by atoms with Gasteiger partial charge in [0.2, 0.25) is 0 Å². The molecule has 0 saturated heterocycles. The summed E-state index contributed by atoms with van der Waals surface area (Å²) in [6.45, 7) is 1.31. The van der Waals surface area contributed by atoms with Gasteiger partial charge in [-0.25, -0.2) is 14.8 Å². The minimum atomic E-state index is -0.634. The van der Waals surface area contributed by atoms with Gasteiger partial charge in [0.25, 0.3) is 5.91 Å². The average molecular weight is 430 g/mol. The fourth-order valence-electron chi connectivity index (χ4n) is 2.55. The molecule has 1 aromatic carbocycles. The summed E-state index contributed by atoms with van der Waals surface area (Å²) in [5.41, 5.74) is 1.33. The molecular weight excluding hydrogens is 410 g/mol. The number of esters is 1. The molecule has 1 N–H and O–H groups in total. The van der Waals surface area contributed by atoms with E-state index in [1.807, 2.05) is 23.8 Å². The van der Waals surface area contributed by atoms with Crippen LogP contribution >= 0.6 is 23.1 Å². The number of aromatic nitrogens is 2. The van der Waals surface area contributed by atoms with Crippen LogP contribution in [-0.4, -0.2) is 41.8 Å². The van der Waals surface area contributed by atoms with Crippen LogP contribution in [0.15, 0.2) is 46.8 Å². The number of amides is 1. The van der Waals surface area contributed by atoms with Crippen molar-refractivity contribution in [2.24, 2.45) is 0 Å². The van der Waals surface area contributed by atoms with E-state index in [9.17, 15) is 9.59 Å². The van der Waals surface area contributed by atoms with Gasteiger partial charge in [0, 0.05) is 11.8 Å². The fourth-order valence-corrected chi connectivity index (χ4v) is 3.82. The molecule has 0 radical (unpaired) electrons. The van der Waals surface area contributed by atoms with Crippen molar-refractivity contribution >= 4 is 40.7 Å². The summed E-state index contributed by atoms with van der Waals surface area (Å²) in [5, 5.41) is 5.12. The molecule has 9 heteroatoms. The van der Waals surface area contributed by atoms with Gasteiger partial charge in [0.1, 0.15) is 16.3 Å². The van der Waals surface area contributed by atoms with Crippen molar-refractivity contribution in [3.05, 3.63) is 53.0 Å². The van der Waals surface area contributed by atoms with Crippen LogP contribution in [0.5, 0.6) is 5.75 Å². The molecule has 2 heterocycles. The van der Waals surface area contributed by atoms with Crippen LogP contribution < -0.4 is 10.1 Å². The molecule has 150 valence electrons. The molecule has 2 aromatic heterocycles. The van der Waals surface area contributed by atoms with Crippen molar-refractivity contribution in [3.63, 3.8) is 0 Å². The molecule has 0 spiro atoms. The molecule has 0 bridgehead atoms. The number of methoxy groups -OCH3 is 1. The van der Waals surface area contributed by atoms with Crippen LogP contribution in [0.4, 0.5) is 5.69 Å². The van der Waals surface area contributed by atoms with Crippen molar-refractivity contribution < 1.29 is 19.1 Å². The predicted octanol–water partition coefficient (Wildman–Crippen LogP) is 4.04. The Morgan fingerprint density at radius 3 is 2.72 bits per heavy atom. The second-order valence-corrected chi connectivity index (χ2v) is 7.59. The number of thiophene rings is 1. The van der Waals surface area contributed by atoms with Gasteiger partial charge in [-0.05, 0) is 36.8 Å². The van der Waals surface area contributed by atoms with Crippen molar-refractivity contribution in [1.29, 1.82) is 0 Å². The summed E-state index contributed by atoms with van der Waals surface area (Å²) in [6.07, 6.45) is 1.83. The van der Waals surface area contributed by atoms with E-state index in [1.54, 1.807) is 38.3 Å². The molecule has 3 aromatic rings. The average Bonchev–Trinajstić information content (AvgIpc) is 3.26. The van der Waals surface area contributed by atoms with Crippen LogP contribution in [-0.2, 0) is 9.53 Å². The second kappa shape index (κ2) is 9.53. The summed E-state index contributed by atoms with van der Waals surface area (Å²) in [7, 11) is 1.54. The number of thioether (sulfide) groups is 1. The lowest BCUT2D eigenvalue weighted by Gasteiger charge is -2.11. The number of nitrogens with zero attached hydrogens (tertiary/aromatic N) is 2. The molecule has 0 saturated carbocycles. The largest absolute Gasteiger partial charge is 0.497 e. The maximum Gasteiger partial charge on any atom is 0.343 e. The van der Waals surface area contributed by atoms with Gasteiger partial charge in [-0.15, -0.1) is 23.1 Å². The summed E-state index contributed by atoms with van der Waals surface area (Å²) in [6, 6.07) is 10.7.